The molecule has 0 amide bonds. The van der Waals surface area contributed by atoms with E-state index in [2.05, 4.69) is 34.7 Å². The molecule has 2 fully saturated rings. The van der Waals surface area contributed by atoms with Gasteiger partial charge < -0.3 is 14.8 Å². The molecule has 0 bridgehead atoms. The average Bonchev–Trinajstić information content (AvgIpc) is 3.23. The highest BCUT2D eigenvalue weighted by Gasteiger charge is 2.38. The highest BCUT2D eigenvalue weighted by Crippen LogP contribution is 2.40. The molecule has 1 aliphatic heterocycles. The van der Waals surface area contributed by atoms with Crippen LogP contribution in [0.1, 0.15) is 71.5 Å². The number of rotatable bonds is 10. The molecule has 1 aromatic rings. The molecule has 9 heteroatoms. The van der Waals surface area contributed by atoms with E-state index in [-0.39, 0.29) is 24.7 Å². The van der Waals surface area contributed by atoms with Gasteiger partial charge in [0.15, 0.2) is 12.6 Å². The summed E-state index contributed by atoms with van der Waals surface area (Å²) in [5.41, 5.74) is 0. The lowest BCUT2D eigenvalue weighted by atomic mass is 9.69. The predicted octanol–water partition coefficient (Wildman–Crippen LogP) is 2.50. The molecular weight excluding hydrogens is 398 g/mol. The summed E-state index contributed by atoms with van der Waals surface area (Å²) in [6, 6.07) is -0.176. The van der Waals surface area contributed by atoms with Crippen molar-refractivity contribution in [2.75, 3.05) is 13.2 Å². The number of esters is 2. The van der Waals surface area contributed by atoms with E-state index in [0.717, 1.165) is 50.9 Å². The number of hydrogen-bond acceptors (Lipinski definition) is 8. The van der Waals surface area contributed by atoms with Crippen LogP contribution in [0.5, 0.6) is 0 Å². The van der Waals surface area contributed by atoms with Gasteiger partial charge in [0.1, 0.15) is 6.04 Å². The SMILES string of the molecule is CCC(CC)COC(=O)[C@@H]1C[C@H]2C[C@@H](CCc3nnnn3COC(C)=O)CC[C@H]2CN1. The minimum absolute atomic E-state index is 0.0550. The Balaban J connectivity index is 1.46. The molecule has 0 unspecified atom stereocenters. The fourth-order valence-corrected chi connectivity index (χ4v) is 4.92. The molecule has 1 aliphatic carbocycles. The van der Waals surface area contributed by atoms with E-state index >= 15 is 0 Å². The van der Waals surface area contributed by atoms with Crippen molar-refractivity contribution in [1.82, 2.24) is 25.5 Å². The van der Waals surface area contributed by atoms with Gasteiger partial charge in [-0.2, -0.15) is 4.68 Å². The fraction of sp³-hybridized carbons (Fsp3) is 0.864. The van der Waals surface area contributed by atoms with Crippen LogP contribution in [0.3, 0.4) is 0 Å². The van der Waals surface area contributed by atoms with E-state index in [0.29, 0.717) is 30.3 Å². The third-order valence-corrected chi connectivity index (χ3v) is 7.09. The van der Waals surface area contributed by atoms with E-state index in [1.807, 2.05) is 0 Å². The van der Waals surface area contributed by atoms with Gasteiger partial charge in [-0.05, 0) is 66.3 Å². The summed E-state index contributed by atoms with van der Waals surface area (Å²) < 4.78 is 12.2. The third-order valence-electron chi connectivity index (χ3n) is 7.09. The second kappa shape index (κ2) is 11.5. The zero-order valence-corrected chi connectivity index (χ0v) is 19.1. The summed E-state index contributed by atoms with van der Waals surface area (Å²) in [6.07, 6.45) is 8.23. The lowest BCUT2D eigenvalue weighted by Crippen LogP contribution is -2.50. The zero-order valence-electron chi connectivity index (χ0n) is 19.1. The molecule has 2 heterocycles. The number of tetrazole rings is 1. The van der Waals surface area contributed by atoms with Gasteiger partial charge in [-0.3, -0.25) is 9.59 Å². The summed E-state index contributed by atoms with van der Waals surface area (Å²) in [5.74, 6) is 2.57. The van der Waals surface area contributed by atoms with Gasteiger partial charge in [0.05, 0.1) is 6.61 Å². The normalized spacial score (nSPS) is 25.8. The first-order chi connectivity index (χ1) is 15.0. The fourth-order valence-electron chi connectivity index (χ4n) is 4.92. The first kappa shape index (κ1) is 23.6. The molecule has 0 spiro atoms. The van der Waals surface area contributed by atoms with Crippen LogP contribution in [-0.2, 0) is 32.2 Å². The minimum atomic E-state index is -0.348. The molecule has 174 valence electrons. The molecular formula is C22H37N5O4. The second-order valence-corrected chi connectivity index (χ2v) is 9.11. The highest BCUT2D eigenvalue weighted by molar-refractivity contribution is 5.76. The predicted molar refractivity (Wildman–Crippen MR) is 114 cm³/mol. The van der Waals surface area contributed by atoms with Crippen LogP contribution in [0, 0.1) is 23.7 Å². The number of aryl methyl sites for hydroxylation is 1. The van der Waals surface area contributed by atoms with E-state index in [9.17, 15) is 9.59 Å². The van der Waals surface area contributed by atoms with Crippen LogP contribution in [0.15, 0.2) is 0 Å². The number of ether oxygens (including phenoxy) is 2. The summed E-state index contributed by atoms with van der Waals surface area (Å²) in [5, 5.41) is 15.1. The van der Waals surface area contributed by atoms with E-state index < -0.39 is 0 Å². The Hall–Kier alpha value is -2.03. The molecule has 31 heavy (non-hydrogen) atoms. The first-order valence-corrected chi connectivity index (χ1v) is 11.8. The van der Waals surface area contributed by atoms with Gasteiger partial charge in [0.2, 0.25) is 0 Å². The number of nitrogens with zero attached hydrogens (tertiary/aromatic N) is 4. The van der Waals surface area contributed by atoms with Crippen molar-refractivity contribution < 1.29 is 19.1 Å². The lowest BCUT2D eigenvalue weighted by molar-refractivity contribution is -0.149. The quantitative estimate of drug-likeness (QED) is 0.559. The second-order valence-electron chi connectivity index (χ2n) is 9.11. The van der Waals surface area contributed by atoms with Gasteiger partial charge in [-0.1, -0.05) is 33.1 Å². The Kier molecular flexibility index (Phi) is 8.80. The maximum absolute atomic E-state index is 12.6. The van der Waals surface area contributed by atoms with Gasteiger partial charge in [-0.15, -0.1) is 5.10 Å². The van der Waals surface area contributed by atoms with Crippen molar-refractivity contribution in [3.63, 3.8) is 0 Å². The number of carbonyl (C=O) groups excluding carboxylic acids is 2. The Morgan fingerprint density at radius 3 is 2.71 bits per heavy atom. The molecule has 0 aromatic carbocycles. The molecule has 1 N–H and O–H groups in total. The molecule has 3 rings (SSSR count). The Morgan fingerprint density at radius 2 is 1.97 bits per heavy atom. The number of hydrogen-bond donors (Lipinski definition) is 1. The van der Waals surface area contributed by atoms with Crippen LogP contribution in [0.4, 0.5) is 0 Å². The van der Waals surface area contributed by atoms with Gasteiger partial charge in [0, 0.05) is 13.3 Å². The van der Waals surface area contributed by atoms with Crippen molar-refractivity contribution in [2.24, 2.45) is 23.7 Å². The monoisotopic (exact) mass is 435 g/mol. The summed E-state index contributed by atoms with van der Waals surface area (Å²) >= 11 is 0. The molecule has 0 radical (unpaired) electrons. The molecule has 1 saturated carbocycles. The van der Waals surface area contributed by atoms with Crippen molar-refractivity contribution >= 4 is 11.9 Å². The van der Waals surface area contributed by atoms with Crippen molar-refractivity contribution in [1.29, 1.82) is 0 Å². The van der Waals surface area contributed by atoms with Crippen LogP contribution in [-0.4, -0.2) is 51.3 Å². The number of fused-ring (bicyclic) bond motifs is 1. The van der Waals surface area contributed by atoms with Gasteiger partial charge in [-0.25, -0.2) is 0 Å². The highest BCUT2D eigenvalue weighted by atomic mass is 16.5. The molecule has 4 atom stereocenters. The number of piperidine rings is 1. The van der Waals surface area contributed by atoms with Gasteiger partial charge >= 0.3 is 11.9 Å². The summed E-state index contributed by atoms with van der Waals surface area (Å²) in [4.78, 5) is 23.6. The van der Waals surface area contributed by atoms with Crippen molar-refractivity contribution in [2.45, 2.75) is 84.9 Å². The zero-order chi connectivity index (χ0) is 22.2. The van der Waals surface area contributed by atoms with E-state index in [1.54, 1.807) is 4.68 Å². The molecule has 1 saturated heterocycles. The van der Waals surface area contributed by atoms with Gasteiger partial charge in [0.25, 0.3) is 0 Å². The number of carbonyl (C=O) groups is 2. The van der Waals surface area contributed by atoms with Crippen LogP contribution >= 0.6 is 0 Å². The minimum Gasteiger partial charge on any atom is -0.464 e. The van der Waals surface area contributed by atoms with Crippen molar-refractivity contribution in [3.8, 4) is 0 Å². The van der Waals surface area contributed by atoms with Crippen molar-refractivity contribution in [3.05, 3.63) is 5.82 Å². The summed E-state index contributed by atoms with van der Waals surface area (Å²) in [7, 11) is 0. The Bertz CT molecular complexity index is 721. The molecule has 2 aliphatic rings. The molecule has 9 nitrogen and oxygen atoms in total. The topological polar surface area (TPSA) is 108 Å². The number of nitrogens with one attached hydrogen (secondary N) is 1. The average molecular weight is 436 g/mol. The lowest BCUT2D eigenvalue weighted by Gasteiger charge is -2.42. The maximum atomic E-state index is 12.6. The maximum Gasteiger partial charge on any atom is 0.323 e. The third kappa shape index (κ3) is 6.72. The van der Waals surface area contributed by atoms with E-state index in [4.69, 9.17) is 9.47 Å². The summed E-state index contributed by atoms with van der Waals surface area (Å²) in [6.45, 7) is 7.15. The van der Waals surface area contributed by atoms with Crippen LogP contribution in [0.25, 0.3) is 0 Å². The Morgan fingerprint density at radius 1 is 1.16 bits per heavy atom. The standard InChI is InChI=1S/C22H37N5O4/c1-4-16(5-2)13-30-22(29)20-11-19-10-17(6-8-18(19)12-23-20)7-9-21-24-25-26-27(21)14-31-15(3)28/h16-20,23H,4-14H2,1-3H3/t17-,18+,19-,20+/m1/s1. The smallest absolute Gasteiger partial charge is 0.323 e. The first-order valence-electron chi connectivity index (χ1n) is 11.8. The number of aromatic nitrogens is 4. The Labute approximate surface area is 184 Å². The van der Waals surface area contributed by atoms with Crippen LogP contribution < -0.4 is 5.32 Å². The molecule has 1 aromatic heterocycles. The largest absolute Gasteiger partial charge is 0.464 e. The van der Waals surface area contributed by atoms with E-state index in [1.165, 1.54) is 19.8 Å². The van der Waals surface area contributed by atoms with Crippen LogP contribution in [0.2, 0.25) is 0 Å².